The Morgan fingerprint density at radius 2 is 1.26 bits per heavy atom. The number of rotatable bonds is 5. The minimum absolute atomic E-state index is 0.00179. The smallest absolute Gasteiger partial charge is 0.434 e. The maximum absolute atomic E-state index is 12.3. The van der Waals surface area contributed by atoms with Crippen molar-refractivity contribution in [3.63, 3.8) is 0 Å². The zero-order valence-corrected chi connectivity index (χ0v) is 19.2. The van der Waals surface area contributed by atoms with E-state index < -0.39 is 6.16 Å². The van der Waals surface area contributed by atoms with E-state index in [9.17, 15) is 4.79 Å². The van der Waals surface area contributed by atoms with Crippen LogP contribution < -0.4 is 4.74 Å². The molecular formula is C24H40O3. The molecule has 0 bridgehead atoms. The first-order chi connectivity index (χ1) is 12.2. The maximum Gasteiger partial charge on any atom is 0.513 e. The molecule has 0 aromatic heterocycles. The summed E-state index contributed by atoms with van der Waals surface area (Å²) >= 11 is 0. The molecule has 0 aliphatic rings. The summed E-state index contributed by atoms with van der Waals surface area (Å²) in [6.45, 7) is 22.2. The average Bonchev–Trinajstić information content (AvgIpc) is 2.48. The molecule has 0 radical (unpaired) electrons. The Labute approximate surface area is 166 Å². The van der Waals surface area contributed by atoms with Gasteiger partial charge >= 0.3 is 6.16 Å². The van der Waals surface area contributed by atoms with Crippen LogP contribution in [-0.4, -0.2) is 12.8 Å². The Morgan fingerprint density at radius 3 is 1.70 bits per heavy atom. The van der Waals surface area contributed by atoms with E-state index in [1.807, 2.05) is 0 Å². The first-order valence-corrected chi connectivity index (χ1v) is 10.2. The number of carbonyl (C=O) groups is 1. The lowest BCUT2D eigenvalue weighted by atomic mass is 9.72. The molecule has 0 unspecified atom stereocenters. The normalized spacial score (nSPS) is 12.8. The van der Waals surface area contributed by atoms with Crippen LogP contribution >= 0.6 is 0 Å². The number of carbonyl (C=O) groups excluding carboxylic acids is 1. The maximum atomic E-state index is 12.3. The SMILES string of the molecule is CCCCCOC(=O)Oc1cc(C(C)(C)C)c(C(C)(C)C)cc1C(C)(C)C. The molecule has 0 atom stereocenters. The van der Waals surface area contributed by atoms with Crippen LogP contribution in [0.5, 0.6) is 5.75 Å². The van der Waals surface area contributed by atoms with Crippen molar-refractivity contribution in [2.45, 2.75) is 105 Å². The molecule has 0 amide bonds. The number of benzene rings is 1. The number of ether oxygens (including phenoxy) is 2. The van der Waals surface area contributed by atoms with Gasteiger partial charge in [-0.1, -0.05) is 88.1 Å². The van der Waals surface area contributed by atoms with Gasteiger partial charge in [0.2, 0.25) is 0 Å². The summed E-state index contributed by atoms with van der Waals surface area (Å²) in [5, 5.41) is 0. The predicted octanol–water partition coefficient (Wildman–Crippen LogP) is 7.28. The molecule has 0 saturated carbocycles. The average molecular weight is 377 g/mol. The van der Waals surface area contributed by atoms with E-state index in [2.05, 4.69) is 81.4 Å². The van der Waals surface area contributed by atoms with E-state index in [0.29, 0.717) is 12.4 Å². The van der Waals surface area contributed by atoms with Gasteiger partial charge in [0.05, 0.1) is 6.61 Å². The van der Waals surface area contributed by atoms with Gasteiger partial charge in [-0.25, -0.2) is 4.79 Å². The van der Waals surface area contributed by atoms with Crippen molar-refractivity contribution in [1.82, 2.24) is 0 Å². The van der Waals surface area contributed by atoms with Gasteiger partial charge in [0.1, 0.15) is 5.75 Å². The molecule has 0 aliphatic carbocycles. The van der Waals surface area contributed by atoms with Crippen molar-refractivity contribution < 1.29 is 14.3 Å². The first kappa shape index (κ1) is 23.5. The highest BCUT2D eigenvalue weighted by atomic mass is 16.7. The summed E-state index contributed by atoms with van der Waals surface area (Å²) in [5.41, 5.74) is 3.34. The van der Waals surface area contributed by atoms with Gasteiger partial charge in [0.25, 0.3) is 0 Å². The van der Waals surface area contributed by atoms with Crippen LogP contribution in [0.1, 0.15) is 105 Å². The topological polar surface area (TPSA) is 35.5 Å². The van der Waals surface area contributed by atoms with Crippen molar-refractivity contribution >= 4 is 6.16 Å². The van der Waals surface area contributed by atoms with E-state index in [0.717, 1.165) is 24.8 Å². The second-order valence-corrected chi connectivity index (χ2v) is 10.6. The van der Waals surface area contributed by atoms with E-state index >= 15 is 0 Å². The van der Waals surface area contributed by atoms with E-state index in [4.69, 9.17) is 9.47 Å². The highest BCUT2D eigenvalue weighted by Crippen LogP contribution is 2.41. The molecule has 0 aliphatic heterocycles. The molecule has 1 rings (SSSR count). The van der Waals surface area contributed by atoms with Crippen molar-refractivity contribution in [3.05, 3.63) is 28.8 Å². The standard InChI is InChI=1S/C24H40O3/c1-11-12-13-14-26-21(25)27-20-16-18(23(5,6)7)17(22(2,3)4)15-19(20)24(8,9)10/h15-16H,11-14H2,1-10H3. The van der Waals surface area contributed by atoms with Crippen LogP contribution in [0.3, 0.4) is 0 Å². The van der Waals surface area contributed by atoms with Crippen molar-refractivity contribution in [3.8, 4) is 5.75 Å². The highest BCUT2D eigenvalue weighted by molar-refractivity contribution is 5.66. The predicted molar refractivity (Wildman–Crippen MR) is 114 cm³/mol. The van der Waals surface area contributed by atoms with E-state index in [1.54, 1.807) is 0 Å². The van der Waals surface area contributed by atoms with Crippen LogP contribution in [0, 0.1) is 0 Å². The second kappa shape index (κ2) is 8.67. The molecule has 0 fully saturated rings. The lowest BCUT2D eigenvalue weighted by Crippen LogP contribution is -2.25. The van der Waals surface area contributed by atoms with Gasteiger partial charge in [0.15, 0.2) is 0 Å². The van der Waals surface area contributed by atoms with E-state index in [1.165, 1.54) is 11.1 Å². The van der Waals surface area contributed by atoms with Crippen molar-refractivity contribution in [1.29, 1.82) is 0 Å². The monoisotopic (exact) mass is 376 g/mol. The van der Waals surface area contributed by atoms with Crippen LogP contribution in [0.2, 0.25) is 0 Å². The molecule has 0 heterocycles. The molecule has 3 nitrogen and oxygen atoms in total. The summed E-state index contributed by atoms with van der Waals surface area (Å²) in [5.74, 6) is 0.612. The number of hydrogen-bond donors (Lipinski definition) is 0. The lowest BCUT2D eigenvalue weighted by molar-refractivity contribution is 0.0967. The summed E-state index contributed by atoms with van der Waals surface area (Å²) < 4.78 is 11.0. The molecular weight excluding hydrogens is 336 g/mol. The fraction of sp³-hybridized carbons (Fsp3) is 0.708. The van der Waals surface area contributed by atoms with Crippen LogP contribution in [0.25, 0.3) is 0 Å². The zero-order valence-electron chi connectivity index (χ0n) is 19.2. The first-order valence-electron chi connectivity index (χ1n) is 10.2. The summed E-state index contributed by atoms with van der Waals surface area (Å²) in [4.78, 5) is 12.3. The molecule has 3 heteroatoms. The Morgan fingerprint density at radius 1 is 0.778 bits per heavy atom. The van der Waals surface area contributed by atoms with Gasteiger partial charge < -0.3 is 9.47 Å². The highest BCUT2D eigenvalue weighted by Gasteiger charge is 2.31. The number of hydrogen-bond acceptors (Lipinski definition) is 3. The number of unbranched alkanes of at least 4 members (excludes halogenated alkanes) is 2. The molecule has 0 N–H and O–H groups in total. The molecule has 154 valence electrons. The van der Waals surface area contributed by atoms with Crippen LogP contribution in [0.4, 0.5) is 4.79 Å². The summed E-state index contributed by atoms with van der Waals surface area (Å²) in [7, 11) is 0. The third-order valence-electron chi connectivity index (χ3n) is 4.70. The summed E-state index contributed by atoms with van der Waals surface area (Å²) in [6.07, 6.45) is 2.40. The van der Waals surface area contributed by atoms with Gasteiger partial charge in [0, 0.05) is 5.56 Å². The Kier molecular flexibility index (Phi) is 7.55. The Hall–Kier alpha value is -1.51. The van der Waals surface area contributed by atoms with Crippen LogP contribution in [0.15, 0.2) is 12.1 Å². The van der Waals surface area contributed by atoms with Gasteiger partial charge in [-0.3, -0.25) is 0 Å². The van der Waals surface area contributed by atoms with Crippen molar-refractivity contribution in [2.24, 2.45) is 0 Å². The summed E-state index contributed by atoms with van der Waals surface area (Å²) in [6, 6.07) is 4.27. The molecule has 1 aromatic rings. The second-order valence-electron chi connectivity index (χ2n) is 10.6. The van der Waals surface area contributed by atoms with Crippen LogP contribution in [-0.2, 0) is 21.0 Å². The Balaban J connectivity index is 3.35. The van der Waals surface area contributed by atoms with E-state index in [-0.39, 0.29) is 16.2 Å². The minimum atomic E-state index is -0.611. The molecule has 27 heavy (non-hydrogen) atoms. The minimum Gasteiger partial charge on any atom is -0.434 e. The molecule has 0 spiro atoms. The Bertz CT molecular complexity index is 637. The third-order valence-corrected chi connectivity index (χ3v) is 4.70. The van der Waals surface area contributed by atoms with Gasteiger partial charge in [-0.05, 0) is 39.9 Å². The fourth-order valence-electron chi connectivity index (χ4n) is 3.12. The molecule has 0 saturated heterocycles. The largest absolute Gasteiger partial charge is 0.513 e. The quantitative estimate of drug-likeness (QED) is 0.307. The molecule has 1 aromatic carbocycles. The van der Waals surface area contributed by atoms with Crippen molar-refractivity contribution in [2.75, 3.05) is 6.61 Å². The fourth-order valence-corrected chi connectivity index (χ4v) is 3.12. The lowest BCUT2D eigenvalue weighted by Gasteiger charge is -2.33. The third kappa shape index (κ3) is 6.86. The zero-order chi connectivity index (χ0) is 21.0. The van der Waals surface area contributed by atoms with Gasteiger partial charge in [-0.15, -0.1) is 0 Å². The van der Waals surface area contributed by atoms with Gasteiger partial charge in [-0.2, -0.15) is 0 Å².